The number of aromatic amines is 1. The molecule has 5 nitrogen and oxygen atoms in total. The molecule has 1 amide bonds. The standard InChI is InChI=1S/C16H20N2O3/c1-3-4-8-13(16(20)21)18-15(19)14-10(2)17-12-9-6-5-7-11(12)14/h5-7,9,13,17H,3-4,8H2,1-2H3,(H,18,19)(H,20,21). The molecule has 0 saturated carbocycles. The highest BCUT2D eigenvalue weighted by molar-refractivity contribution is 6.08. The smallest absolute Gasteiger partial charge is 0.326 e. The van der Waals surface area contributed by atoms with E-state index in [9.17, 15) is 14.7 Å². The highest BCUT2D eigenvalue weighted by atomic mass is 16.4. The van der Waals surface area contributed by atoms with E-state index in [2.05, 4.69) is 10.3 Å². The van der Waals surface area contributed by atoms with Crippen molar-refractivity contribution >= 4 is 22.8 Å². The van der Waals surface area contributed by atoms with Crippen LogP contribution in [-0.2, 0) is 4.79 Å². The van der Waals surface area contributed by atoms with Gasteiger partial charge < -0.3 is 15.4 Å². The molecule has 1 aromatic heterocycles. The van der Waals surface area contributed by atoms with Crippen LogP contribution in [-0.4, -0.2) is 28.0 Å². The maximum atomic E-state index is 12.4. The first-order valence-corrected chi connectivity index (χ1v) is 7.15. The van der Waals surface area contributed by atoms with E-state index in [1.54, 1.807) is 0 Å². The highest BCUT2D eigenvalue weighted by Crippen LogP contribution is 2.21. The van der Waals surface area contributed by atoms with Gasteiger partial charge in [0.2, 0.25) is 0 Å². The Labute approximate surface area is 123 Å². The molecule has 3 N–H and O–H groups in total. The number of amides is 1. The van der Waals surface area contributed by atoms with E-state index in [1.165, 1.54) is 0 Å². The van der Waals surface area contributed by atoms with Crippen molar-refractivity contribution in [3.05, 3.63) is 35.5 Å². The van der Waals surface area contributed by atoms with Crippen molar-refractivity contribution < 1.29 is 14.7 Å². The van der Waals surface area contributed by atoms with E-state index in [0.717, 1.165) is 29.4 Å². The van der Waals surface area contributed by atoms with E-state index in [0.29, 0.717) is 12.0 Å². The van der Waals surface area contributed by atoms with Crippen LogP contribution in [0, 0.1) is 6.92 Å². The summed E-state index contributed by atoms with van der Waals surface area (Å²) in [4.78, 5) is 26.8. The lowest BCUT2D eigenvalue weighted by atomic mass is 10.1. The first kappa shape index (κ1) is 15.1. The zero-order chi connectivity index (χ0) is 15.4. The van der Waals surface area contributed by atoms with Gasteiger partial charge in [0.05, 0.1) is 5.56 Å². The SMILES string of the molecule is CCCCC(NC(=O)c1c(C)[nH]c2ccccc12)C(=O)O. The number of carbonyl (C=O) groups is 2. The minimum absolute atomic E-state index is 0.339. The number of unbranched alkanes of at least 4 members (excludes halogenated alkanes) is 1. The zero-order valence-corrected chi connectivity index (χ0v) is 12.3. The molecule has 1 aromatic carbocycles. The van der Waals surface area contributed by atoms with E-state index in [1.807, 2.05) is 38.1 Å². The molecule has 0 aliphatic rings. The van der Waals surface area contributed by atoms with Gasteiger partial charge >= 0.3 is 5.97 Å². The number of benzene rings is 1. The zero-order valence-electron chi connectivity index (χ0n) is 12.3. The highest BCUT2D eigenvalue weighted by Gasteiger charge is 2.23. The number of carboxylic acid groups (broad SMARTS) is 1. The maximum absolute atomic E-state index is 12.4. The fraction of sp³-hybridized carbons (Fsp3) is 0.375. The molecule has 112 valence electrons. The topological polar surface area (TPSA) is 82.2 Å². The number of aromatic nitrogens is 1. The molecule has 21 heavy (non-hydrogen) atoms. The molecule has 2 rings (SSSR count). The average molecular weight is 288 g/mol. The van der Waals surface area contributed by atoms with Crippen LogP contribution in [0.15, 0.2) is 24.3 Å². The molecule has 1 atom stereocenters. The van der Waals surface area contributed by atoms with Crippen LogP contribution in [0.5, 0.6) is 0 Å². The van der Waals surface area contributed by atoms with Crippen molar-refractivity contribution in [1.29, 1.82) is 0 Å². The lowest BCUT2D eigenvalue weighted by Gasteiger charge is -2.14. The van der Waals surface area contributed by atoms with Gasteiger partial charge in [0, 0.05) is 16.6 Å². The second-order valence-corrected chi connectivity index (χ2v) is 5.18. The predicted molar refractivity (Wildman–Crippen MR) is 81.5 cm³/mol. The van der Waals surface area contributed by atoms with Crippen LogP contribution in [0.2, 0.25) is 0 Å². The lowest BCUT2D eigenvalue weighted by Crippen LogP contribution is -2.40. The molecule has 0 aliphatic carbocycles. The maximum Gasteiger partial charge on any atom is 0.326 e. The van der Waals surface area contributed by atoms with Crippen molar-refractivity contribution in [2.24, 2.45) is 0 Å². The van der Waals surface area contributed by atoms with Gasteiger partial charge in [0.1, 0.15) is 6.04 Å². The Hall–Kier alpha value is -2.30. The second-order valence-electron chi connectivity index (χ2n) is 5.18. The quantitative estimate of drug-likeness (QED) is 0.764. The van der Waals surface area contributed by atoms with Crippen molar-refractivity contribution in [3.63, 3.8) is 0 Å². The summed E-state index contributed by atoms with van der Waals surface area (Å²) in [5.41, 5.74) is 2.14. The molecule has 0 spiro atoms. The Morgan fingerprint density at radius 1 is 1.33 bits per heavy atom. The average Bonchev–Trinajstić information content (AvgIpc) is 2.78. The summed E-state index contributed by atoms with van der Waals surface area (Å²) >= 11 is 0. The summed E-state index contributed by atoms with van der Waals surface area (Å²) in [5, 5.41) is 12.6. The van der Waals surface area contributed by atoms with Gasteiger partial charge in [0.15, 0.2) is 0 Å². The minimum atomic E-state index is -0.991. The summed E-state index contributed by atoms with van der Waals surface area (Å²) in [6.07, 6.45) is 2.11. The molecule has 0 fully saturated rings. The Morgan fingerprint density at radius 2 is 2.05 bits per heavy atom. The molecule has 0 bridgehead atoms. The summed E-state index contributed by atoms with van der Waals surface area (Å²) in [6.45, 7) is 3.81. The van der Waals surface area contributed by atoms with Gasteiger partial charge in [-0.05, 0) is 19.4 Å². The molecule has 5 heteroatoms. The van der Waals surface area contributed by atoms with Crippen molar-refractivity contribution in [3.8, 4) is 0 Å². The van der Waals surface area contributed by atoms with Crippen molar-refractivity contribution in [2.45, 2.75) is 39.2 Å². The molecular weight excluding hydrogens is 268 g/mol. The predicted octanol–water partition coefficient (Wildman–Crippen LogP) is 2.85. The number of fused-ring (bicyclic) bond motifs is 1. The van der Waals surface area contributed by atoms with Gasteiger partial charge in [-0.1, -0.05) is 38.0 Å². The Kier molecular flexibility index (Phi) is 4.62. The molecule has 2 aromatic rings. The van der Waals surface area contributed by atoms with E-state index < -0.39 is 12.0 Å². The first-order chi connectivity index (χ1) is 10.0. The second kappa shape index (κ2) is 6.43. The number of rotatable bonds is 6. The molecular formula is C16H20N2O3. The lowest BCUT2D eigenvalue weighted by molar-refractivity contribution is -0.139. The number of aliphatic carboxylic acids is 1. The molecule has 0 aliphatic heterocycles. The first-order valence-electron chi connectivity index (χ1n) is 7.15. The van der Waals surface area contributed by atoms with Crippen LogP contribution < -0.4 is 5.32 Å². The largest absolute Gasteiger partial charge is 0.480 e. The van der Waals surface area contributed by atoms with Gasteiger partial charge in [-0.15, -0.1) is 0 Å². The number of H-pyrrole nitrogens is 1. The number of nitrogens with one attached hydrogen (secondary N) is 2. The van der Waals surface area contributed by atoms with Gasteiger partial charge in [0.25, 0.3) is 5.91 Å². The number of carboxylic acids is 1. The number of hydrogen-bond donors (Lipinski definition) is 3. The Balaban J connectivity index is 2.25. The minimum Gasteiger partial charge on any atom is -0.480 e. The van der Waals surface area contributed by atoms with Crippen molar-refractivity contribution in [1.82, 2.24) is 10.3 Å². The van der Waals surface area contributed by atoms with Crippen LogP contribution in [0.25, 0.3) is 10.9 Å². The number of aryl methyl sites for hydroxylation is 1. The van der Waals surface area contributed by atoms with Gasteiger partial charge in [-0.3, -0.25) is 4.79 Å². The van der Waals surface area contributed by atoms with Gasteiger partial charge in [-0.25, -0.2) is 4.79 Å². The van der Waals surface area contributed by atoms with Crippen LogP contribution in [0.1, 0.15) is 42.2 Å². The van der Waals surface area contributed by atoms with E-state index in [4.69, 9.17) is 0 Å². The van der Waals surface area contributed by atoms with Crippen LogP contribution >= 0.6 is 0 Å². The van der Waals surface area contributed by atoms with Crippen LogP contribution in [0.4, 0.5) is 0 Å². The Morgan fingerprint density at radius 3 is 2.71 bits per heavy atom. The summed E-state index contributed by atoms with van der Waals surface area (Å²) in [7, 11) is 0. The van der Waals surface area contributed by atoms with Crippen LogP contribution in [0.3, 0.4) is 0 Å². The fourth-order valence-corrected chi connectivity index (χ4v) is 2.47. The molecule has 0 saturated heterocycles. The number of hydrogen-bond acceptors (Lipinski definition) is 2. The normalized spacial score (nSPS) is 12.3. The molecule has 1 unspecified atom stereocenters. The number of para-hydroxylation sites is 1. The third-order valence-electron chi connectivity index (χ3n) is 3.57. The molecule has 1 heterocycles. The van der Waals surface area contributed by atoms with E-state index in [-0.39, 0.29) is 5.91 Å². The third kappa shape index (κ3) is 3.24. The fourth-order valence-electron chi connectivity index (χ4n) is 2.47. The monoisotopic (exact) mass is 288 g/mol. The van der Waals surface area contributed by atoms with Gasteiger partial charge in [-0.2, -0.15) is 0 Å². The van der Waals surface area contributed by atoms with E-state index >= 15 is 0 Å². The summed E-state index contributed by atoms with van der Waals surface area (Å²) < 4.78 is 0. The number of carbonyl (C=O) groups excluding carboxylic acids is 1. The Bertz CT molecular complexity index is 661. The third-order valence-corrected chi connectivity index (χ3v) is 3.57. The molecule has 0 radical (unpaired) electrons. The summed E-state index contributed by atoms with van der Waals surface area (Å²) in [5.74, 6) is -1.33. The summed E-state index contributed by atoms with van der Waals surface area (Å²) in [6, 6.07) is 6.66. The van der Waals surface area contributed by atoms with Crippen molar-refractivity contribution in [2.75, 3.05) is 0 Å².